The highest BCUT2D eigenvalue weighted by Crippen LogP contribution is 2.47. The van der Waals surface area contributed by atoms with Gasteiger partial charge >= 0.3 is 0 Å². The van der Waals surface area contributed by atoms with Crippen LogP contribution in [0.25, 0.3) is 0 Å². The van der Waals surface area contributed by atoms with E-state index in [1.165, 1.54) is 19.3 Å². The fraction of sp³-hybridized carbons (Fsp3) is 1.00. The molecule has 0 saturated carbocycles. The lowest BCUT2D eigenvalue weighted by atomic mass is 9.62. The highest BCUT2D eigenvalue weighted by Gasteiger charge is 2.41. The number of hydrogen-bond acceptors (Lipinski definition) is 1. The smallest absolute Gasteiger partial charge is 0.0527 e. The minimum absolute atomic E-state index is 0.391. The van der Waals surface area contributed by atoms with Crippen LogP contribution in [0.5, 0.6) is 0 Å². The molecule has 0 amide bonds. The highest BCUT2D eigenvalue weighted by atomic mass is 16.5. The highest BCUT2D eigenvalue weighted by molar-refractivity contribution is 4.90. The number of rotatable bonds is 1. The Morgan fingerprint density at radius 1 is 1.33 bits per heavy atom. The SMILES string of the molecule is CCC1(C(C)(C)C)CCCOC1. The van der Waals surface area contributed by atoms with Crippen molar-refractivity contribution >= 4 is 0 Å². The molecule has 12 heavy (non-hydrogen) atoms. The summed E-state index contributed by atoms with van der Waals surface area (Å²) in [7, 11) is 0. The quantitative estimate of drug-likeness (QED) is 0.587. The van der Waals surface area contributed by atoms with Crippen LogP contribution >= 0.6 is 0 Å². The van der Waals surface area contributed by atoms with Gasteiger partial charge in [0, 0.05) is 6.61 Å². The molecule has 0 bridgehead atoms. The molecule has 1 fully saturated rings. The van der Waals surface area contributed by atoms with Crippen LogP contribution < -0.4 is 0 Å². The summed E-state index contributed by atoms with van der Waals surface area (Å²) in [6.45, 7) is 11.2. The molecule has 1 unspecified atom stereocenters. The van der Waals surface area contributed by atoms with E-state index in [4.69, 9.17) is 4.74 Å². The zero-order chi connectivity index (χ0) is 9.24. The second-order valence-electron chi connectivity index (χ2n) is 5.04. The van der Waals surface area contributed by atoms with Crippen LogP contribution in [0, 0.1) is 10.8 Å². The first kappa shape index (κ1) is 10.0. The number of hydrogen-bond donors (Lipinski definition) is 0. The molecule has 0 radical (unpaired) electrons. The van der Waals surface area contributed by atoms with Crippen molar-refractivity contribution in [2.75, 3.05) is 13.2 Å². The Labute approximate surface area is 76.5 Å². The van der Waals surface area contributed by atoms with Gasteiger partial charge in [0.05, 0.1) is 6.61 Å². The first-order chi connectivity index (χ1) is 5.52. The monoisotopic (exact) mass is 170 g/mol. The predicted octanol–water partition coefficient (Wildman–Crippen LogP) is 3.24. The van der Waals surface area contributed by atoms with Crippen molar-refractivity contribution < 1.29 is 4.74 Å². The summed E-state index contributed by atoms with van der Waals surface area (Å²) in [6, 6.07) is 0. The largest absolute Gasteiger partial charge is 0.381 e. The minimum Gasteiger partial charge on any atom is -0.381 e. The third-order valence-corrected chi connectivity index (χ3v) is 3.59. The first-order valence-electron chi connectivity index (χ1n) is 5.10. The molecule has 1 heteroatoms. The van der Waals surface area contributed by atoms with Gasteiger partial charge in [0.25, 0.3) is 0 Å². The molecular formula is C11H22O. The topological polar surface area (TPSA) is 9.23 Å². The fourth-order valence-electron chi connectivity index (χ4n) is 2.25. The minimum atomic E-state index is 0.391. The molecule has 1 heterocycles. The van der Waals surface area contributed by atoms with Gasteiger partial charge in [0.2, 0.25) is 0 Å². The summed E-state index contributed by atoms with van der Waals surface area (Å²) in [5.41, 5.74) is 0.827. The average Bonchev–Trinajstić information content (AvgIpc) is 2.04. The van der Waals surface area contributed by atoms with E-state index in [0.29, 0.717) is 10.8 Å². The Morgan fingerprint density at radius 2 is 2.00 bits per heavy atom. The first-order valence-corrected chi connectivity index (χ1v) is 5.10. The van der Waals surface area contributed by atoms with Gasteiger partial charge < -0.3 is 4.74 Å². The van der Waals surface area contributed by atoms with Crippen molar-refractivity contribution in [1.82, 2.24) is 0 Å². The van der Waals surface area contributed by atoms with Gasteiger partial charge in [-0.1, -0.05) is 27.7 Å². The van der Waals surface area contributed by atoms with Gasteiger partial charge in [-0.15, -0.1) is 0 Å². The van der Waals surface area contributed by atoms with Crippen molar-refractivity contribution in [1.29, 1.82) is 0 Å². The van der Waals surface area contributed by atoms with Crippen LogP contribution in [-0.4, -0.2) is 13.2 Å². The molecule has 1 atom stereocenters. The van der Waals surface area contributed by atoms with E-state index in [9.17, 15) is 0 Å². The van der Waals surface area contributed by atoms with Crippen molar-refractivity contribution in [3.8, 4) is 0 Å². The van der Waals surface area contributed by atoms with Crippen LogP contribution in [0.15, 0.2) is 0 Å². The van der Waals surface area contributed by atoms with Gasteiger partial charge in [0.15, 0.2) is 0 Å². The van der Waals surface area contributed by atoms with E-state index in [0.717, 1.165) is 13.2 Å². The number of ether oxygens (including phenoxy) is 1. The predicted molar refractivity (Wildman–Crippen MR) is 52.2 cm³/mol. The van der Waals surface area contributed by atoms with Crippen LogP contribution in [0.1, 0.15) is 47.0 Å². The Kier molecular flexibility index (Phi) is 2.82. The van der Waals surface area contributed by atoms with Crippen LogP contribution in [-0.2, 0) is 4.74 Å². The second-order valence-corrected chi connectivity index (χ2v) is 5.04. The standard InChI is InChI=1S/C11H22O/c1-5-11(10(2,3)4)7-6-8-12-9-11/h5-9H2,1-4H3. The maximum absolute atomic E-state index is 5.60. The molecule has 1 saturated heterocycles. The lowest BCUT2D eigenvalue weighted by molar-refractivity contribution is -0.0722. The van der Waals surface area contributed by atoms with Gasteiger partial charge in [-0.3, -0.25) is 0 Å². The normalized spacial score (nSPS) is 32.0. The maximum Gasteiger partial charge on any atom is 0.0527 e. The zero-order valence-corrected chi connectivity index (χ0v) is 8.94. The molecule has 0 spiro atoms. The van der Waals surface area contributed by atoms with Crippen molar-refractivity contribution in [2.45, 2.75) is 47.0 Å². The Bertz CT molecular complexity index is 138. The van der Waals surface area contributed by atoms with E-state index in [1.54, 1.807) is 0 Å². The Hall–Kier alpha value is -0.0400. The van der Waals surface area contributed by atoms with Crippen molar-refractivity contribution in [3.63, 3.8) is 0 Å². The van der Waals surface area contributed by atoms with E-state index in [-0.39, 0.29) is 0 Å². The fourth-order valence-corrected chi connectivity index (χ4v) is 2.25. The molecule has 1 nitrogen and oxygen atoms in total. The molecule has 72 valence electrons. The summed E-state index contributed by atoms with van der Waals surface area (Å²) in [6.07, 6.45) is 3.83. The summed E-state index contributed by atoms with van der Waals surface area (Å²) >= 11 is 0. The summed E-state index contributed by atoms with van der Waals surface area (Å²) < 4.78 is 5.60. The van der Waals surface area contributed by atoms with Crippen molar-refractivity contribution in [2.24, 2.45) is 10.8 Å². The third-order valence-electron chi connectivity index (χ3n) is 3.59. The van der Waals surface area contributed by atoms with Gasteiger partial charge in [-0.2, -0.15) is 0 Å². The molecule has 0 N–H and O–H groups in total. The van der Waals surface area contributed by atoms with E-state index < -0.39 is 0 Å². The maximum atomic E-state index is 5.60. The molecule has 1 aliphatic heterocycles. The summed E-state index contributed by atoms with van der Waals surface area (Å²) in [4.78, 5) is 0. The van der Waals surface area contributed by atoms with Gasteiger partial charge in [0.1, 0.15) is 0 Å². The molecular weight excluding hydrogens is 148 g/mol. The van der Waals surface area contributed by atoms with Crippen LogP contribution in [0.3, 0.4) is 0 Å². The Balaban J connectivity index is 2.73. The zero-order valence-electron chi connectivity index (χ0n) is 8.94. The molecule has 0 aromatic carbocycles. The van der Waals surface area contributed by atoms with E-state index in [1.807, 2.05) is 0 Å². The lowest BCUT2D eigenvalue weighted by Gasteiger charge is -2.46. The molecule has 0 aromatic heterocycles. The molecule has 0 aromatic rings. The lowest BCUT2D eigenvalue weighted by Crippen LogP contribution is -2.42. The molecule has 1 aliphatic rings. The molecule has 1 rings (SSSR count). The van der Waals surface area contributed by atoms with E-state index >= 15 is 0 Å². The van der Waals surface area contributed by atoms with Crippen molar-refractivity contribution in [3.05, 3.63) is 0 Å². The summed E-state index contributed by atoms with van der Waals surface area (Å²) in [5.74, 6) is 0. The van der Waals surface area contributed by atoms with Gasteiger partial charge in [-0.25, -0.2) is 0 Å². The summed E-state index contributed by atoms with van der Waals surface area (Å²) in [5, 5.41) is 0. The molecule has 0 aliphatic carbocycles. The van der Waals surface area contributed by atoms with Gasteiger partial charge in [-0.05, 0) is 30.1 Å². The second kappa shape index (κ2) is 3.37. The van der Waals surface area contributed by atoms with E-state index in [2.05, 4.69) is 27.7 Å². The Morgan fingerprint density at radius 3 is 2.25 bits per heavy atom. The van der Waals surface area contributed by atoms with Crippen LogP contribution in [0.2, 0.25) is 0 Å². The third kappa shape index (κ3) is 1.66. The average molecular weight is 170 g/mol. The van der Waals surface area contributed by atoms with Crippen LogP contribution in [0.4, 0.5) is 0 Å².